The zero-order valence-electron chi connectivity index (χ0n) is 8.79. The van der Waals surface area contributed by atoms with E-state index in [0.717, 1.165) is 19.3 Å². The molecule has 1 rings (SSSR count). The lowest BCUT2D eigenvalue weighted by Gasteiger charge is -2.21. The summed E-state index contributed by atoms with van der Waals surface area (Å²) in [5, 5.41) is 0. The van der Waals surface area contributed by atoms with Crippen LogP contribution in [-0.2, 0) is 4.79 Å². The summed E-state index contributed by atoms with van der Waals surface area (Å²) in [7, 11) is 1.86. The normalized spacial score (nSPS) is 18.8. The molecule has 1 aliphatic carbocycles. The predicted molar refractivity (Wildman–Crippen MR) is 53.2 cm³/mol. The highest BCUT2D eigenvalue weighted by Gasteiger charge is 2.31. The molecule has 3 nitrogen and oxygen atoms in total. The maximum atomic E-state index is 11.7. The van der Waals surface area contributed by atoms with E-state index in [1.54, 1.807) is 0 Å². The molecular formula is C10H20N2O. The van der Waals surface area contributed by atoms with Crippen molar-refractivity contribution in [1.29, 1.82) is 0 Å². The number of carbonyl (C=O) groups is 1. The first kappa shape index (κ1) is 10.5. The monoisotopic (exact) mass is 184 g/mol. The molecule has 1 atom stereocenters. The highest BCUT2D eigenvalue weighted by Crippen LogP contribution is 2.26. The molecule has 76 valence electrons. The van der Waals surface area contributed by atoms with Gasteiger partial charge < -0.3 is 10.6 Å². The second kappa shape index (κ2) is 4.09. The number of nitrogens with two attached hydrogens (primary N) is 1. The Balaban J connectivity index is 2.36. The van der Waals surface area contributed by atoms with Crippen LogP contribution in [0.5, 0.6) is 0 Å². The lowest BCUT2D eigenvalue weighted by atomic mass is 10.0. The third kappa shape index (κ3) is 2.99. The average molecular weight is 184 g/mol. The quantitative estimate of drug-likeness (QED) is 0.708. The molecule has 0 aromatic carbocycles. The fourth-order valence-electron chi connectivity index (χ4n) is 1.51. The Hall–Kier alpha value is -0.570. The first-order valence-electron chi connectivity index (χ1n) is 5.04. The van der Waals surface area contributed by atoms with Crippen LogP contribution in [0.4, 0.5) is 0 Å². The van der Waals surface area contributed by atoms with Crippen LogP contribution in [0.15, 0.2) is 0 Å². The SMILES string of the molecule is CC(C)C[C@H](N)C(=O)N(C)C1CC1. The van der Waals surface area contributed by atoms with Crippen LogP contribution in [0.3, 0.4) is 0 Å². The molecule has 0 heterocycles. The van der Waals surface area contributed by atoms with Crippen molar-refractivity contribution in [3.05, 3.63) is 0 Å². The molecule has 1 saturated carbocycles. The summed E-state index contributed by atoms with van der Waals surface area (Å²) >= 11 is 0. The van der Waals surface area contributed by atoms with Crippen molar-refractivity contribution in [1.82, 2.24) is 4.90 Å². The minimum Gasteiger partial charge on any atom is -0.341 e. The van der Waals surface area contributed by atoms with Crippen LogP contribution in [-0.4, -0.2) is 29.9 Å². The first-order valence-corrected chi connectivity index (χ1v) is 5.04. The summed E-state index contributed by atoms with van der Waals surface area (Å²) < 4.78 is 0. The number of nitrogens with zero attached hydrogens (tertiary/aromatic N) is 1. The molecule has 0 saturated heterocycles. The van der Waals surface area contributed by atoms with E-state index in [9.17, 15) is 4.79 Å². The molecule has 1 aliphatic rings. The summed E-state index contributed by atoms with van der Waals surface area (Å²) in [6.45, 7) is 4.18. The number of hydrogen-bond acceptors (Lipinski definition) is 2. The Morgan fingerprint density at radius 2 is 2.08 bits per heavy atom. The lowest BCUT2D eigenvalue weighted by molar-refractivity contribution is -0.132. The van der Waals surface area contributed by atoms with Gasteiger partial charge in [0.1, 0.15) is 0 Å². The fraction of sp³-hybridized carbons (Fsp3) is 0.900. The topological polar surface area (TPSA) is 46.3 Å². The fourth-order valence-corrected chi connectivity index (χ4v) is 1.51. The third-order valence-electron chi connectivity index (χ3n) is 2.48. The molecular weight excluding hydrogens is 164 g/mol. The summed E-state index contributed by atoms with van der Waals surface area (Å²) in [5.74, 6) is 0.600. The van der Waals surface area contributed by atoms with Crippen LogP contribution < -0.4 is 5.73 Å². The highest BCUT2D eigenvalue weighted by molar-refractivity contribution is 5.81. The van der Waals surface area contributed by atoms with Gasteiger partial charge >= 0.3 is 0 Å². The summed E-state index contributed by atoms with van der Waals surface area (Å²) in [6, 6.07) is 0.177. The van der Waals surface area contributed by atoms with Crippen molar-refractivity contribution < 1.29 is 4.79 Å². The Morgan fingerprint density at radius 1 is 1.54 bits per heavy atom. The van der Waals surface area contributed by atoms with E-state index >= 15 is 0 Å². The van der Waals surface area contributed by atoms with Crippen LogP contribution in [0.1, 0.15) is 33.1 Å². The molecule has 2 N–H and O–H groups in total. The smallest absolute Gasteiger partial charge is 0.239 e. The van der Waals surface area contributed by atoms with Gasteiger partial charge in [-0.25, -0.2) is 0 Å². The van der Waals surface area contributed by atoms with Crippen LogP contribution in [0, 0.1) is 5.92 Å². The standard InChI is InChI=1S/C10H20N2O/c1-7(2)6-9(11)10(13)12(3)8-4-5-8/h7-9H,4-6,11H2,1-3H3/t9-/m0/s1. The molecule has 0 aromatic heterocycles. The number of likely N-dealkylation sites (N-methyl/N-ethyl adjacent to an activating group) is 1. The molecule has 0 unspecified atom stereocenters. The Bertz CT molecular complexity index is 187. The molecule has 1 fully saturated rings. The van der Waals surface area contributed by atoms with Gasteiger partial charge in [-0.2, -0.15) is 0 Å². The van der Waals surface area contributed by atoms with E-state index in [0.29, 0.717) is 12.0 Å². The number of rotatable bonds is 4. The van der Waals surface area contributed by atoms with E-state index in [1.165, 1.54) is 0 Å². The van der Waals surface area contributed by atoms with Crippen LogP contribution >= 0.6 is 0 Å². The minimum absolute atomic E-state index is 0.108. The predicted octanol–water partition coefficient (Wildman–Crippen LogP) is 0.981. The van der Waals surface area contributed by atoms with Gasteiger partial charge in [0.25, 0.3) is 0 Å². The lowest BCUT2D eigenvalue weighted by Crippen LogP contribution is -2.43. The van der Waals surface area contributed by atoms with Gasteiger partial charge in [0.05, 0.1) is 6.04 Å². The maximum absolute atomic E-state index is 11.7. The van der Waals surface area contributed by atoms with Gasteiger partial charge in [0, 0.05) is 13.1 Å². The molecule has 0 radical (unpaired) electrons. The average Bonchev–Trinajstić information content (AvgIpc) is 2.82. The Labute approximate surface area is 80.3 Å². The Morgan fingerprint density at radius 3 is 2.46 bits per heavy atom. The molecule has 0 spiro atoms. The molecule has 3 heteroatoms. The zero-order chi connectivity index (χ0) is 10.0. The molecule has 0 aliphatic heterocycles. The van der Waals surface area contributed by atoms with Crippen molar-refractivity contribution in [2.45, 2.75) is 45.2 Å². The number of hydrogen-bond donors (Lipinski definition) is 1. The highest BCUT2D eigenvalue weighted by atomic mass is 16.2. The minimum atomic E-state index is -0.300. The van der Waals surface area contributed by atoms with Crippen molar-refractivity contribution in [2.24, 2.45) is 11.7 Å². The molecule has 0 aromatic rings. The van der Waals surface area contributed by atoms with Crippen molar-refractivity contribution >= 4 is 5.91 Å². The van der Waals surface area contributed by atoms with Gasteiger partial charge in [0.2, 0.25) is 5.91 Å². The van der Waals surface area contributed by atoms with Gasteiger partial charge in [-0.1, -0.05) is 13.8 Å². The van der Waals surface area contributed by atoms with Gasteiger partial charge in [0.15, 0.2) is 0 Å². The van der Waals surface area contributed by atoms with E-state index in [-0.39, 0.29) is 11.9 Å². The number of carbonyl (C=O) groups excluding carboxylic acids is 1. The molecule has 1 amide bonds. The van der Waals surface area contributed by atoms with Gasteiger partial charge in [-0.05, 0) is 25.2 Å². The van der Waals surface area contributed by atoms with Crippen molar-refractivity contribution in [2.75, 3.05) is 7.05 Å². The van der Waals surface area contributed by atoms with E-state index in [4.69, 9.17) is 5.73 Å². The number of amides is 1. The van der Waals surface area contributed by atoms with E-state index in [2.05, 4.69) is 13.8 Å². The summed E-state index contributed by atoms with van der Waals surface area (Å²) in [5.41, 5.74) is 5.79. The Kier molecular flexibility index (Phi) is 3.31. The third-order valence-corrected chi connectivity index (χ3v) is 2.48. The molecule has 13 heavy (non-hydrogen) atoms. The first-order chi connectivity index (χ1) is 6.02. The second-order valence-corrected chi connectivity index (χ2v) is 4.42. The summed E-state index contributed by atoms with van der Waals surface area (Å²) in [4.78, 5) is 13.5. The molecule has 0 bridgehead atoms. The van der Waals surface area contributed by atoms with Crippen LogP contribution in [0.25, 0.3) is 0 Å². The largest absolute Gasteiger partial charge is 0.341 e. The van der Waals surface area contributed by atoms with E-state index in [1.807, 2.05) is 11.9 Å². The second-order valence-electron chi connectivity index (χ2n) is 4.42. The van der Waals surface area contributed by atoms with Gasteiger partial charge in [-0.3, -0.25) is 4.79 Å². The van der Waals surface area contributed by atoms with Crippen LogP contribution in [0.2, 0.25) is 0 Å². The zero-order valence-corrected chi connectivity index (χ0v) is 8.79. The van der Waals surface area contributed by atoms with Crippen molar-refractivity contribution in [3.8, 4) is 0 Å². The maximum Gasteiger partial charge on any atom is 0.239 e. The van der Waals surface area contributed by atoms with Gasteiger partial charge in [-0.15, -0.1) is 0 Å². The summed E-state index contributed by atoms with van der Waals surface area (Å²) in [6.07, 6.45) is 3.09. The van der Waals surface area contributed by atoms with E-state index < -0.39 is 0 Å². The van der Waals surface area contributed by atoms with Crippen molar-refractivity contribution in [3.63, 3.8) is 0 Å².